The van der Waals surface area contributed by atoms with E-state index in [2.05, 4.69) is 5.32 Å². The molecule has 186 valence electrons. The van der Waals surface area contributed by atoms with Crippen molar-refractivity contribution in [2.75, 3.05) is 23.7 Å². The molecule has 0 radical (unpaired) electrons. The van der Waals surface area contributed by atoms with Crippen LogP contribution in [0.4, 0.5) is 5.69 Å². The molecule has 0 fully saturated rings. The van der Waals surface area contributed by atoms with Gasteiger partial charge in [-0.25, -0.2) is 8.42 Å². The molecule has 4 aromatic carbocycles. The van der Waals surface area contributed by atoms with Gasteiger partial charge in [0.05, 0.1) is 17.2 Å². The van der Waals surface area contributed by atoms with Gasteiger partial charge < -0.3 is 10.1 Å². The predicted molar refractivity (Wildman–Crippen MR) is 146 cm³/mol. The van der Waals surface area contributed by atoms with Crippen LogP contribution in [0.5, 0.6) is 5.75 Å². The summed E-state index contributed by atoms with van der Waals surface area (Å²) in [6, 6.07) is 27.3. The molecule has 4 rings (SSSR count). The molecule has 8 heteroatoms. The maximum absolute atomic E-state index is 13.8. The van der Waals surface area contributed by atoms with Crippen LogP contribution >= 0.6 is 11.8 Å². The summed E-state index contributed by atoms with van der Waals surface area (Å²) < 4.78 is 34.3. The van der Waals surface area contributed by atoms with Crippen LogP contribution in [-0.4, -0.2) is 33.7 Å². The number of amides is 1. The third kappa shape index (κ3) is 5.66. The van der Waals surface area contributed by atoms with Crippen molar-refractivity contribution in [2.45, 2.75) is 23.3 Å². The van der Waals surface area contributed by atoms with Crippen LogP contribution in [0.3, 0.4) is 0 Å². The molecule has 0 aromatic heterocycles. The van der Waals surface area contributed by atoms with Crippen LogP contribution in [0.1, 0.15) is 12.5 Å². The standard InChI is InChI=1S/C28H28N2O4S2/c1-3-34-27-14-7-6-13-26(27)30(36(32,33)24-17-15-23(35-2)16-18-24)20-28(31)29-19-22-11-8-10-21-9-4-5-12-25(21)22/h4-18H,3,19-20H2,1-2H3,(H,29,31). The highest BCUT2D eigenvalue weighted by Gasteiger charge is 2.29. The van der Waals surface area contributed by atoms with Gasteiger partial charge in [0.1, 0.15) is 12.3 Å². The Labute approximate surface area is 216 Å². The number of ether oxygens (including phenoxy) is 1. The van der Waals surface area contributed by atoms with Gasteiger partial charge in [0.2, 0.25) is 5.91 Å². The zero-order chi connectivity index (χ0) is 25.5. The lowest BCUT2D eigenvalue weighted by Gasteiger charge is -2.26. The van der Waals surface area contributed by atoms with E-state index >= 15 is 0 Å². The number of nitrogens with one attached hydrogen (secondary N) is 1. The molecule has 0 bridgehead atoms. The molecule has 0 spiro atoms. The predicted octanol–water partition coefficient (Wildman–Crippen LogP) is 5.47. The van der Waals surface area contributed by atoms with Gasteiger partial charge in [-0.3, -0.25) is 9.10 Å². The van der Waals surface area contributed by atoms with Crippen LogP contribution < -0.4 is 14.4 Å². The van der Waals surface area contributed by atoms with Crippen molar-refractivity contribution in [1.29, 1.82) is 0 Å². The molecule has 0 heterocycles. The number of carbonyl (C=O) groups excluding carboxylic acids is 1. The quantitative estimate of drug-likeness (QED) is 0.281. The average molecular weight is 521 g/mol. The molecule has 0 atom stereocenters. The van der Waals surface area contributed by atoms with Gasteiger partial charge in [-0.2, -0.15) is 0 Å². The van der Waals surface area contributed by atoms with Gasteiger partial charge in [-0.1, -0.05) is 54.6 Å². The van der Waals surface area contributed by atoms with Gasteiger partial charge in [-0.15, -0.1) is 11.8 Å². The Bertz CT molecular complexity index is 1450. The lowest BCUT2D eigenvalue weighted by Crippen LogP contribution is -2.41. The largest absolute Gasteiger partial charge is 0.492 e. The van der Waals surface area contributed by atoms with E-state index in [0.717, 1.165) is 25.5 Å². The number of rotatable bonds is 10. The van der Waals surface area contributed by atoms with Crippen molar-refractivity contribution >= 4 is 44.2 Å². The van der Waals surface area contributed by atoms with Crippen LogP contribution in [0.15, 0.2) is 101 Å². The maximum Gasteiger partial charge on any atom is 0.264 e. The van der Waals surface area contributed by atoms with Gasteiger partial charge in [0.15, 0.2) is 0 Å². The van der Waals surface area contributed by atoms with E-state index in [1.165, 1.54) is 11.8 Å². The SMILES string of the molecule is CCOc1ccccc1N(CC(=O)NCc1cccc2ccccc12)S(=O)(=O)c1ccc(SC)cc1. The number of carbonyl (C=O) groups is 1. The Morgan fingerprint density at radius 2 is 1.61 bits per heavy atom. The van der Waals surface area contributed by atoms with E-state index in [-0.39, 0.29) is 18.0 Å². The first-order valence-electron chi connectivity index (χ1n) is 11.6. The molecular formula is C28H28N2O4S2. The first-order chi connectivity index (χ1) is 17.4. The third-order valence-corrected chi connectivity index (χ3v) is 8.24. The second-order valence-corrected chi connectivity index (χ2v) is 10.7. The van der Waals surface area contributed by atoms with Crippen LogP contribution in [0.2, 0.25) is 0 Å². The highest BCUT2D eigenvalue weighted by atomic mass is 32.2. The third-order valence-electron chi connectivity index (χ3n) is 5.72. The monoisotopic (exact) mass is 520 g/mol. The summed E-state index contributed by atoms with van der Waals surface area (Å²) in [5, 5.41) is 5.01. The number of para-hydroxylation sites is 2. The van der Waals surface area contributed by atoms with Gasteiger partial charge in [-0.05, 0) is 65.9 Å². The molecule has 0 unspecified atom stereocenters. The Morgan fingerprint density at radius 3 is 2.36 bits per heavy atom. The number of benzene rings is 4. The van der Waals surface area contributed by atoms with E-state index in [1.54, 1.807) is 48.5 Å². The second-order valence-electron chi connectivity index (χ2n) is 8.00. The minimum absolute atomic E-state index is 0.105. The van der Waals surface area contributed by atoms with E-state index < -0.39 is 15.9 Å². The summed E-state index contributed by atoms with van der Waals surface area (Å²) in [4.78, 5) is 14.2. The van der Waals surface area contributed by atoms with Crippen molar-refractivity contribution in [3.63, 3.8) is 0 Å². The first-order valence-corrected chi connectivity index (χ1v) is 14.2. The summed E-state index contributed by atoms with van der Waals surface area (Å²) >= 11 is 1.53. The number of hydrogen-bond donors (Lipinski definition) is 1. The Hall–Kier alpha value is -3.49. The number of nitrogens with zero attached hydrogens (tertiary/aromatic N) is 1. The summed E-state index contributed by atoms with van der Waals surface area (Å²) in [7, 11) is -4.05. The Morgan fingerprint density at radius 1 is 0.917 bits per heavy atom. The molecule has 4 aromatic rings. The first kappa shape index (κ1) is 25.6. The maximum atomic E-state index is 13.8. The van der Waals surface area contributed by atoms with Crippen molar-refractivity contribution < 1.29 is 17.9 Å². The summed E-state index contributed by atoms with van der Waals surface area (Å²) in [5.74, 6) is -0.0234. The van der Waals surface area contributed by atoms with E-state index in [1.807, 2.05) is 55.6 Å². The number of hydrogen-bond acceptors (Lipinski definition) is 5. The number of anilines is 1. The summed E-state index contributed by atoms with van der Waals surface area (Å²) in [6.07, 6.45) is 1.93. The normalized spacial score (nSPS) is 11.3. The zero-order valence-electron chi connectivity index (χ0n) is 20.2. The fourth-order valence-corrected chi connectivity index (χ4v) is 5.78. The van der Waals surface area contributed by atoms with Gasteiger partial charge in [0, 0.05) is 11.4 Å². The molecular weight excluding hydrogens is 492 g/mol. The number of fused-ring (bicyclic) bond motifs is 1. The van der Waals surface area contributed by atoms with Gasteiger partial charge in [0.25, 0.3) is 10.0 Å². The second kappa shape index (κ2) is 11.5. The highest BCUT2D eigenvalue weighted by Crippen LogP contribution is 2.33. The van der Waals surface area contributed by atoms with Crippen molar-refractivity contribution in [2.24, 2.45) is 0 Å². The molecule has 0 aliphatic carbocycles. The topological polar surface area (TPSA) is 75.7 Å². The highest BCUT2D eigenvalue weighted by molar-refractivity contribution is 7.98. The number of sulfonamides is 1. The van der Waals surface area contributed by atoms with Crippen LogP contribution in [-0.2, 0) is 21.4 Å². The zero-order valence-corrected chi connectivity index (χ0v) is 21.8. The van der Waals surface area contributed by atoms with Crippen LogP contribution in [0, 0.1) is 0 Å². The van der Waals surface area contributed by atoms with Crippen molar-refractivity contribution in [1.82, 2.24) is 5.32 Å². The Balaban J connectivity index is 1.64. The van der Waals surface area contributed by atoms with E-state index in [4.69, 9.17) is 4.74 Å². The molecule has 0 aliphatic rings. The number of thioether (sulfide) groups is 1. The molecule has 6 nitrogen and oxygen atoms in total. The van der Waals surface area contributed by atoms with E-state index in [9.17, 15) is 13.2 Å². The van der Waals surface area contributed by atoms with Crippen LogP contribution in [0.25, 0.3) is 10.8 Å². The molecule has 0 aliphatic heterocycles. The summed E-state index contributed by atoms with van der Waals surface area (Å²) in [6.45, 7) is 2.08. The van der Waals surface area contributed by atoms with Crippen molar-refractivity contribution in [3.8, 4) is 5.75 Å². The molecule has 0 saturated carbocycles. The fourth-order valence-electron chi connectivity index (χ4n) is 3.94. The van der Waals surface area contributed by atoms with Gasteiger partial charge >= 0.3 is 0 Å². The Kier molecular flexibility index (Phi) is 8.18. The molecule has 0 saturated heterocycles. The van der Waals surface area contributed by atoms with E-state index in [0.29, 0.717) is 18.0 Å². The average Bonchev–Trinajstić information content (AvgIpc) is 2.91. The minimum Gasteiger partial charge on any atom is -0.492 e. The smallest absolute Gasteiger partial charge is 0.264 e. The molecule has 1 amide bonds. The molecule has 36 heavy (non-hydrogen) atoms. The molecule has 1 N–H and O–H groups in total. The summed E-state index contributed by atoms with van der Waals surface area (Å²) in [5.41, 5.74) is 1.27. The lowest BCUT2D eigenvalue weighted by molar-refractivity contribution is -0.119. The minimum atomic E-state index is -4.05. The fraction of sp³-hybridized carbons (Fsp3) is 0.179. The van der Waals surface area contributed by atoms with Crippen molar-refractivity contribution in [3.05, 3.63) is 96.6 Å². The lowest BCUT2D eigenvalue weighted by atomic mass is 10.0.